The van der Waals surface area contributed by atoms with E-state index in [0.29, 0.717) is 30.4 Å². The topological polar surface area (TPSA) is 58.6 Å². The smallest absolute Gasteiger partial charge is 0.244 e. The van der Waals surface area contributed by atoms with E-state index in [1.54, 1.807) is 17.5 Å². The zero-order valence-corrected chi connectivity index (χ0v) is 14.5. The molecular weight excluding hydrogens is 308 g/mol. The molecule has 1 N–H and O–H groups in total. The van der Waals surface area contributed by atoms with Crippen molar-refractivity contribution in [3.63, 3.8) is 0 Å². The highest BCUT2D eigenvalue weighted by molar-refractivity contribution is 7.89. The molecule has 7 heteroatoms. The van der Waals surface area contributed by atoms with Gasteiger partial charge in [-0.05, 0) is 30.3 Å². The fourth-order valence-corrected chi connectivity index (χ4v) is 5.45. The van der Waals surface area contributed by atoms with Crippen molar-refractivity contribution in [2.75, 3.05) is 26.7 Å². The molecule has 0 bridgehead atoms. The van der Waals surface area contributed by atoms with Crippen LogP contribution in [0.4, 0.5) is 0 Å². The standard InChI is InChI=1S/C14H24N2O3S2/c1-4-15-9-13-14(6-8-20-13)21(17,18)16-7-5-11(2)12(10-16)19-3/h6,8,11-12,15H,4-5,7,9-10H2,1-3H3. The van der Waals surface area contributed by atoms with Crippen LogP contribution in [-0.2, 0) is 21.3 Å². The van der Waals surface area contributed by atoms with Crippen LogP contribution in [0.1, 0.15) is 25.1 Å². The van der Waals surface area contributed by atoms with E-state index in [4.69, 9.17) is 4.74 Å². The van der Waals surface area contributed by atoms with Gasteiger partial charge in [0.25, 0.3) is 0 Å². The number of sulfonamides is 1. The van der Waals surface area contributed by atoms with Gasteiger partial charge in [0.05, 0.1) is 11.0 Å². The zero-order chi connectivity index (χ0) is 15.5. The Morgan fingerprint density at radius 3 is 2.95 bits per heavy atom. The Labute approximate surface area is 131 Å². The molecule has 2 atom stereocenters. The first-order valence-electron chi connectivity index (χ1n) is 7.30. The monoisotopic (exact) mass is 332 g/mol. The molecule has 1 fully saturated rings. The Bertz CT molecular complexity index is 556. The molecule has 120 valence electrons. The van der Waals surface area contributed by atoms with Crippen LogP contribution in [-0.4, -0.2) is 45.6 Å². The van der Waals surface area contributed by atoms with Crippen molar-refractivity contribution < 1.29 is 13.2 Å². The summed E-state index contributed by atoms with van der Waals surface area (Å²) < 4.78 is 32.7. The Hall–Kier alpha value is -0.470. The van der Waals surface area contributed by atoms with Gasteiger partial charge in [-0.3, -0.25) is 0 Å². The van der Waals surface area contributed by atoms with E-state index in [1.807, 2.05) is 12.3 Å². The molecule has 0 aliphatic carbocycles. The highest BCUT2D eigenvalue weighted by atomic mass is 32.2. The molecule has 21 heavy (non-hydrogen) atoms. The van der Waals surface area contributed by atoms with E-state index in [-0.39, 0.29) is 6.10 Å². The summed E-state index contributed by atoms with van der Waals surface area (Å²) in [4.78, 5) is 1.32. The van der Waals surface area contributed by atoms with E-state index < -0.39 is 10.0 Å². The summed E-state index contributed by atoms with van der Waals surface area (Å²) >= 11 is 1.49. The fourth-order valence-electron chi connectivity index (χ4n) is 2.60. The van der Waals surface area contributed by atoms with Crippen molar-refractivity contribution in [1.82, 2.24) is 9.62 Å². The van der Waals surface area contributed by atoms with E-state index >= 15 is 0 Å². The lowest BCUT2D eigenvalue weighted by molar-refractivity contribution is 0.0184. The molecule has 1 aromatic heterocycles. The first-order valence-corrected chi connectivity index (χ1v) is 9.62. The van der Waals surface area contributed by atoms with Crippen LogP contribution < -0.4 is 5.32 Å². The normalized spacial score (nSPS) is 24.3. The molecule has 1 aromatic rings. The number of hydrogen-bond acceptors (Lipinski definition) is 5. The SMILES string of the molecule is CCNCc1sccc1S(=O)(=O)N1CCC(C)C(OC)C1. The maximum Gasteiger partial charge on any atom is 0.244 e. The van der Waals surface area contributed by atoms with Gasteiger partial charge in [0.1, 0.15) is 0 Å². The molecule has 2 heterocycles. The highest BCUT2D eigenvalue weighted by Crippen LogP contribution is 2.29. The number of piperidine rings is 1. The van der Waals surface area contributed by atoms with Crippen LogP contribution in [0, 0.1) is 5.92 Å². The number of thiophene rings is 1. The number of nitrogens with zero attached hydrogens (tertiary/aromatic N) is 1. The van der Waals surface area contributed by atoms with Crippen molar-refractivity contribution in [1.29, 1.82) is 0 Å². The summed E-state index contributed by atoms with van der Waals surface area (Å²) in [6.45, 7) is 6.55. The van der Waals surface area contributed by atoms with Crippen LogP contribution in [0.2, 0.25) is 0 Å². The third-order valence-corrected chi connectivity index (χ3v) is 7.01. The minimum absolute atomic E-state index is 0.0237. The Morgan fingerprint density at radius 1 is 1.52 bits per heavy atom. The molecule has 0 radical (unpaired) electrons. The summed E-state index contributed by atoms with van der Waals surface area (Å²) in [5.41, 5.74) is 0. The van der Waals surface area contributed by atoms with Gasteiger partial charge in [-0.1, -0.05) is 13.8 Å². The minimum Gasteiger partial charge on any atom is -0.380 e. The number of rotatable bonds is 6. The number of ether oxygens (including phenoxy) is 1. The number of methoxy groups -OCH3 is 1. The van der Waals surface area contributed by atoms with Gasteiger partial charge in [-0.15, -0.1) is 11.3 Å². The molecule has 1 saturated heterocycles. The first kappa shape index (κ1) is 16.9. The Balaban J connectivity index is 2.20. The molecule has 5 nitrogen and oxygen atoms in total. The highest BCUT2D eigenvalue weighted by Gasteiger charge is 2.35. The number of hydrogen-bond donors (Lipinski definition) is 1. The predicted octanol–water partition coefficient (Wildman–Crippen LogP) is 1.90. The third-order valence-electron chi connectivity index (χ3n) is 4.01. The van der Waals surface area contributed by atoms with E-state index in [1.165, 1.54) is 11.3 Å². The van der Waals surface area contributed by atoms with Gasteiger partial charge >= 0.3 is 0 Å². The first-order chi connectivity index (χ1) is 10.0. The third kappa shape index (κ3) is 3.65. The van der Waals surface area contributed by atoms with Crippen molar-refractivity contribution in [2.45, 2.75) is 37.8 Å². The Morgan fingerprint density at radius 2 is 2.29 bits per heavy atom. The summed E-state index contributed by atoms with van der Waals surface area (Å²) in [6, 6.07) is 1.71. The lowest BCUT2D eigenvalue weighted by Crippen LogP contribution is -2.46. The van der Waals surface area contributed by atoms with E-state index in [0.717, 1.165) is 17.8 Å². The average Bonchev–Trinajstić information content (AvgIpc) is 2.94. The lowest BCUT2D eigenvalue weighted by atomic mass is 9.97. The van der Waals surface area contributed by atoms with Crippen LogP contribution in [0.3, 0.4) is 0 Å². The van der Waals surface area contributed by atoms with Crippen molar-refractivity contribution in [2.24, 2.45) is 5.92 Å². The van der Waals surface area contributed by atoms with Crippen molar-refractivity contribution in [3.05, 3.63) is 16.3 Å². The number of nitrogens with one attached hydrogen (secondary N) is 1. The molecule has 0 amide bonds. The molecule has 2 unspecified atom stereocenters. The van der Waals surface area contributed by atoms with Crippen LogP contribution in [0.15, 0.2) is 16.3 Å². The van der Waals surface area contributed by atoms with Crippen molar-refractivity contribution >= 4 is 21.4 Å². The van der Waals surface area contributed by atoms with Gasteiger partial charge in [-0.2, -0.15) is 4.31 Å². The van der Waals surface area contributed by atoms with Gasteiger partial charge in [0.15, 0.2) is 0 Å². The molecule has 2 rings (SSSR count). The quantitative estimate of drug-likeness (QED) is 0.864. The van der Waals surface area contributed by atoms with E-state index in [9.17, 15) is 8.42 Å². The van der Waals surface area contributed by atoms with Crippen LogP contribution in [0.5, 0.6) is 0 Å². The summed E-state index contributed by atoms with van der Waals surface area (Å²) in [5, 5.41) is 5.04. The minimum atomic E-state index is -3.42. The van der Waals surface area contributed by atoms with Crippen molar-refractivity contribution in [3.8, 4) is 0 Å². The zero-order valence-electron chi connectivity index (χ0n) is 12.8. The fraction of sp³-hybridized carbons (Fsp3) is 0.714. The van der Waals surface area contributed by atoms with Gasteiger partial charge in [-0.25, -0.2) is 8.42 Å². The average molecular weight is 332 g/mol. The van der Waals surface area contributed by atoms with Gasteiger partial charge in [0.2, 0.25) is 10.0 Å². The molecule has 1 aliphatic heterocycles. The predicted molar refractivity (Wildman–Crippen MR) is 85.0 cm³/mol. The molecular formula is C14H24N2O3S2. The maximum absolute atomic E-state index is 12.8. The second kappa shape index (κ2) is 7.19. The molecule has 0 aromatic carbocycles. The van der Waals surface area contributed by atoms with Crippen LogP contribution in [0.25, 0.3) is 0 Å². The largest absolute Gasteiger partial charge is 0.380 e. The maximum atomic E-state index is 12.8. The van der Waals surface area contributed by atoms with Crippen LogP contribution >= 0.6 is 11.3 Å². The van der Waals surface area contributed by atoms with E-state index in [2.05, 4.69) is 12.2 Å². The second-order valence-corrected chi connectivity index (χ2v) is 8.30. The summed E-state index contributed by atoms with van der Waals surface area (Å²) in [5.74, 6) is 0.394. The lowest BCUT2D eigenvalue weighted by Gasteiger charge is -2.35. The summed E-state index contributed by atoms with van der Waals surface area (Å²) in [7, 11) is -1.77. The molecule has 0 saturated carbocycles. The second-order valence-electron chi connectivity index (χ2n) is 5.39. The molecule has 1 aliphatic rings. The molecule has 0 spiro atoms. The Kier molecular flexibility index (Phi) is 5.79. The summed E-state index contributed by atoms with van der Waals surface area (Å²) in [6.07, 6.45) is 0.814. The van der Waals surface area contributed by atoms with Gasteiger partial charge in [0, 0.05) is 31.6 Å². The van der Waals surface area contributed by atoms with Gasteiger partial charge < -0.3 is 10.1 Å².